The maximum Gasteiger partial charge on any atom is 0.193 e. The van der Waals surface area contributed by atoms with Crippen LogP contribution in [0.2, 0.25) is 0 Å². The Kier molecular flexibility index (Phi) is 8.91. The van der Waals surface area contributed by atoms with E-state index in [9.17, 15) is 0 Å². The standard InChI is InChI=1S/C22H29N3O.HI/c1-23-22(24-14-12-18-8-10-21(26-2)11-9-18)25-15-13-20(17-25)16-19-6-4-3-5-7-19;/h3-11,20H,12-17H2,1-2H3,(H,23,24);1H. The van der Waals surface area contributed by atoms with Gasteiger partial charge in [-0.05, 0) is 48.4 Å². The summed E-state index contributed by atoms with van der Waals surface area (Å²) in [5.41, 5.74) is 2.74. The summed E-state index contributed by atoms with van der Waals surface area (Å²) in [5, 5.41) is 3.52. The summed E-state index contributed by atoms with van der Waals surface area (Å²) in [6, 6.07) is 19.1. The molecule has 0 aliphatic carbocycles. The lowest BCUT2D eigenvalue weighted by Gasteiger charge is -2.22. The summed E-state index contributed by atoms with van der Waals surface area (Å²) in [6.45, 7) is 3.05. The van der Waals surface area contributed by atoms with Crippen LogP contribution in [-0.2, 0) is 12.8 Å². The van der Waals surface area contributed by atoms with Crippen LogP contribution in [0.3, 0.4) is 0 Å². The van der Waals surface area contributed by atoms with Crippen molar-refractivity contribution in [2.24, 2.45) is 10.9 Å². The number of aliphatic imine (C=N–C) groups is 1. The molecule has 1 atom stereocenters. The van der Waals surface area contributed by atoms with Crippen LogP contribution < -0.4 is 10.1 Å². The van der Waals surface area contributed by atoms with Gasteiger partial charge in [-0.1, -0.05) is 42.5 Å². The molecule has 0 spiro atoms. The van der Waals surface area contributed by atoms with Gasteiger partial charge in [0.15, 0.2) is 5.96 Å². The average molecular weight is 479 g/mol. The molecule has 0 aromatic heterocycles. The topological polar surface area (TPSA) is 36.9 Å². The van der Waals surface area contributed by atoms with Crippen LogP contribution >= 0.6 is 24.0 Å². The number of guanidine groups is 1. The maximum absolute atomic E-state index is 5.21. The molecule has 1 N–H and O–H groups in total. The molecular formula is C22H30IN3O. The van der Waals surface area contributed by atoms with Crippen LogP contribution in [0.4, 0.5) is 0 Å². The average Bonchev–Trinajstić information content (AvgIpc) is 3.15. The summed E-state index contributed by atoms with van der Waals surface area (Å²) < 4.78 is 5.21. The van der Waals surface area contributed by atoms with Crippen LogP contribution in [0.1, 0.15) is 17.5 Å². The van der Waals surface area contributed by atoms with E-state index in [-0.39, 0.29) is 24.0 Å². The molecule has 0 bridgehead atoms. The Morgan fingerprint density at radius 3 is 2.52 bits per heavy atom. The molecule has 0 saturated carbocycles. The monoisotopic (exact) mass is 479 g/mol. The molecule has 1 aliphatic rings. The van der Waals surface area contributed by atoms with Crippen LogP contribution in [0, 0.1) is 5.92 Å². The third kappa shape index (κ3) is 6.41. The molecule has 4 nitrogen and oxygen atoms in total. The second kappa shape index (κ2) is 11.2. The highest BCUT2D eigenvalue weighted by molar-refractivity contribution is 14.0. The first-order valence-electron chi connectivity index (χ1n) is 9.41. The minimum absolute atomic E-state index is 0. The van der Waals surface area contributed by atoms with E-state index >= 15 is 0 Å². The molecule has 2 aromatic carbocycles. The number of rotatable bonds is 6. The highest BCUT2D eigenvalue weighted by Crippen LogP contribution is 2.21. The zero-order chi connectivity index (χ0) is 18.2. The van der Waals surface area contributed by atoms with Gasteiger partial charge in [-0.3, -0.25) is 4.99 Å². The maximum atomic E-state index is 5.21. The lowest BCUT2D eigenvalue weighted by molar-refractivity contribution is 0.414. The van der Waals surface area contributed by atoms with Gasteiger partial charge >= 0.3 is 0 Å². The normalized spacial score (nSPS) is 16.7. The van der Waals surface area contributed by atoms with Gasteiger partial charge in [0.2, 0.25) is 0 Å². The SMILES string of the molecule is CN=C(NCCc1ccc(OC)cc1)N1CCC(Cc2ccccc2)C1.I. The first-order chi connectivity index (χ1) is 12.8. The first kappa shape index (κ1) is 21.5. The van der Waals surface area contributed by atoms with Gasteiger partial charge in [-0.15, -0.1) is 24.0 Å². The molecule has 1 unspecified atom stereocenters. The second-order valence-corrected chi connectivity index (χ2v) is 6.86. The van der Waals surface area contributed by atoms with Crippen molar-refractivity contribution in [3.63, 3.8) is 0 Å². The zero-order valence-electron chi connectivity index (χ0n) is 16.2. The van der Waals surface area contributed by atoms with Crippen LogP contribution in [-0.4, -0.2) is 44.7 Å². The third-order valence-electron chi connectivity index (χ3n) is 5.02. The molecule has 1 saturated heterocycles. The molecule has 1 fully saturated rings. The van der Waals surface area contributed by atoms with Crippen molar-refractivity contribution < 1.29 is 4.74 Å². The van der Waals surface area contributed by atoms with E-state index in [1.165, 1.54) is 17.5 Å². The van der Waals surface area contributed by atoms with Crippen molar-refractivity contribution in [2.45, 2.75) is 19.3 Å². The molecule has 2 aromatic rings. The Morgan fingerprint density at radius 2 is 1.85 bits per heavy atom. The largest absolute Gasteiger partial charge is 0.497 e. The van der Waals surface area contributed by atoms with Crippen LogP contribution in [0.15, 0.2) is 59.6 Å². The molecule has 0 radical (unpaired) electrons. The minimum atomic E-state index is 0. The summed E-state index contributed by atoms with van der Waals surface area (Å²) in [4.78, 5) is 6.87. The van der Waals surface area contributed by atoms with Crippen molar-refractivity contribution in [3.8, 4) is 5.75 Å². The van der Waals surface area contributed by atoms with Gasteiger partial charge < -0.3 is 15.0 Å². The van der Waals surface area contributed by atoms with Gasteiger partial charge in [0.25, 0.3) is 0 Å². The second-order valence-electron chi connectivity index (χ2n) is 6.86. The van der Waals surface area contributed by atoms with Gasteiger partial charge in [-0.2, -0.15) is 0 Å². The van der Waals surface area contributed by atoms with Gasteiger partial charge in [0.1, 0.15) is 5.75 Å². The Hall–Kier alpha value is -1.76. The lowest BCUT2D eigenvalue weighted by atomic mass is 9.99. The van der Waals surface area contributed by atoms with E-state index in [1.54, 1.807) is 7.11 Å². The number of hydrogen-bond donors (Lipinski definition) is 1. The van der Waals surface area contributed by atoms with Crippen molar-refractivity contribution >= 4 is 29.9 Å². The van der Waals surface area contributed by atoms with Gasteiger partial charge in [0, 0.05) is 26.7 Å². The molecule has 5 heteroatoms. The highest BCUT2D eigenvalue weighted by Gasteiger charge is 2.24. The number of nitrogens with one attached hydrogen (secondary N) is 1. The molecule has 146 valence electrons. The highest BCUT2D eigenvalue weighted by atomic mass is 127. The molecule has 0 amide bonds. The molecule has 1 aliphatic heterocycles. The van der Waals surface area contributed by atoms with Crippen molar-refractivity contribution in [2.75, 3.05) is 33.8 Å². The number of likely N-dealkylation sites (tertiary alicyclic amines) is 1. The van der Waals surface area contributed by atoms with Crippen molar-refractivity contribution in [1.82, 2.24) is 10.2 Å². The van der Waals surface area contributed by atoms with E-state index in [0.29, 0.717) is 5.92 Å². The predicted molar refractivity (Wildman–Crippen MR) is 123 cm³/mol. The fraction of sp³-hybridized carbons (Fsp3) is 0.409. The number of nitrogens with zero attached hydrogens (tertiary/aromatic N) is 2. The lowest BCUT2D eigenvalue weighted by Crippen LogP contribution is -2.41. The third-order valence-corrected chi connectivity index (χ3v) is 5.02. The Bertz CT molecular complexity index is 703. The predicted octanol–water partition coefficient (Wildman–Crippen LogP) is 4.00. The smallest absolute Gasteiger partial charge is 0.193 e. The van der Waals surface area contributed by atoms with E-state index < -0.39 is 0 Å². The van der Waals surface area contributed by atoms with E-state index in [4.69, 9.17) is 4.74 Å². The van der Waals surface area contributed by atoms with E-state index in [0.717, 1.165) is 44.2 Å². The molecule has 3 rings (SSSR count). The fourth-order valence-corrected chi connectivity index (χ4v) is 3.58. The summed E-state index contributed by atoms with van der Waals surface area (Å²) in [6.07, 6.45) is 3.36. The number of methoxy groups -OCH3 is 1. The van der Waals surface area contributed by atoms with Crippen LogP contribution in [0.25, 0.3) is 0 Å². The van der Waals surface area contributed by atoms with Gasteiger partial charge in [0.05, 0.1) is 7.11 Å². The first-order valence-corrected chi connectivity index (χ1v) is 9.41. The van der Waals surface area contributed by atoms with Crippen molar-refractivity contribution in [1.29, 1.82) is 0 Å². The number of ether oxygens (including phenoxy) is 1. The molecule has 27 heavy (non-hydrogen) atoms. The Morgan fingerprint density at radius 1 is 1.11 bits per heavy atom. The number of halogens is 1. The van der Waals surface area contributed by atoms with E-state index in [2.05, 4.69) is 57.7 Å². The zero-order valence-corrected chi connectivity index (χ0v) is 18.6. The summed E-state index contributed by atoms with van der Waals surface area (Å²) in [5.74, 6) is 2.63. The number of hydrogen-bond acceptors (Lipinski definition) is 2. The Labute approximate surface area is 180 Å². The van der Waals surface area contributed by atoms with E-state index in [1.807, 2.05) is 19.2 Å². The Balaban J connectivity index is 0.00000261. The quantitative estimate of drug-likeness (QED) is 0.387. The van der Waals surface area contributed by atoms with Crippen molar-refractivity contribution in [3.05, 3.63) is 65.7 Å². The molecular weight excluding hydrogens is 449 g/mol. The fourth-order valence-electron chi connectivity index (χ4n) is 3.58. The minimum Gasteiger partial charge on any atom is -0.497 e. The summed E-state index contributed by atoms with van der Waals surface area (Å²) >= 11 is 0. The van der Waals surface area contributed by atoms with Crippen LogP contribution in [0.5, 0.6) is 5.75 Å². The molecule has 1 heterocycles. The summed E-state index contributed by atoms with van der Waals surface area (Å²) in [7, 11) is 3.57. The van der Waals surface area contributed by atoms with Gasteiger partial charge in [-0.25, -0.2) is 0 Å². The number of benzene rings is 2.